The van der Waals surface area contributed by atoms with Crippen LogP contribution in [0.3, 0.4) is 0 Å². The molecule has 0 rings (SSSR count). The van der Waals surface area contributed by atoms with Crippen LogP contribution < -0.4 is 0 Å². The van der Waals surface area contributed by atoms with Gasteiger partial charge in [-0.25, -0.2) is 4.57 Å². The summed E-state index contributed by atoms with van der Waals surface area (Å²) in [4.78, 5) is 22.7. The molecule has 3 N–H and O–H groups in total. The van der Waals surface area contributed by atoms with Gasteiger partial charge in [-0.1, -0.05) is 209 Å². The Morgan fingerprint density at radius 3 is 1.36 bits per heavy atom. The van der Waals surface area contributed by atoms with E-state index in [-0.39, 0.29) is 19.6 Å². The Labute approximate surface area is 393 Å². The van der Waals surface area contributed by atoms with Gasteiger partial charge in [-0.3, -0.25) is 13.8 Å². The number of rotatable bonds is 50. The van der Waals surface area contributed by atoms with E-state index in [1.807, 2.05) is 0 Å². The third kappa shape index (κ3) is 49.6. The van der Waals surface area contributed by atoms with Gasteiger partial charge >= 0.3 is 13.8 Å². The summed E-state index contributed by atoms with van der Waals surface area (Å²) in [6.45, 7) is 3.42. The van der Waals surface area contributed by atoms with E-state index < -0.39 is 39.2 Å². The van der Waals surface area contributed by atoms with Crippen molar-refractivity contribution in [3.05, 3.63) is 60.8 Å². The quantitative estimate of drug-likeness (QED) is 0.0236. The van der Waals surface area contributed by atoms with Crippen LogP contribution in [0.1, 0.15) is 232 Å². The van der Waals surface area contributed by atoms with E-state index in [2.05, 4.69) is 74.6 Å². The van der Waals surface area contributed by atoms with Crippen molar-refractivity contribution in [3.8, 4) is 0 Å². The summed E-state index contributed by atoms with van der Waals surface area (Å²) in [7, 11) is -4.53. The van der Waals surface area contributed by atoms with Crippen LogP contribution in [0.2, 0.25) is 0 Å². The molecule has 0 amide bonds. The first-order valence-electron chi connectivity index (χ1n) is 26.3. The molecular weight excluding hydrogens is 824 g/mol. The number of carbonyl (C=O) groups is 1. The summed E-state index contributed by atoms with van der Waals surface area (Å²) >= 11 is 0. The number of phosphoric acid groups is 1. The Balaban J connectivity index is 4.08. The zero-order valence-electron chi connectivity index (χ0n) is 41.2. The monoisotopic (exact) mass is 923 g/mol. The van der Waals surface area contributed by atoms with Crippen molar-refractivity contribution in [2.75, 3.05) is 33.0 Å². The van der Waals surface area contributed by atoms with Crippen molar-refractivity contribution in [3.63, 3.8) is 0 Å². The van der Waals surface area contributed by atoms with Gasteiger partial charge in [-0.15, -0.1) is 0 Å². The van der Waals surface area contributed by atoms with Crippen LogP contribution in [0.4, 0.5) is 0 Å². The lowest BCUT2D eigenvalue weighted by atomic mass is 10.1. The summed E-state index contributed by atoms with van der Waals surface area (Å²) in [6, 6.07) is 0. The minimum absolute atomic E-state index is 0.0440. The van der Waals surface area contributed by atoms with E-state index in [4.69, 9.17) is 23.6 Å². The Morgan fingerprint density at radius 2 is 0.891 bits per heavy atom. The number of hydrogen-bond donors (Lipinski definition) is 3. The molecule has 3 unspecified atom stereocenters. The number of hydrogen-bond acceptors (Lipinski definition) is 8. The topological polar surface area (TPSA) is 132 Å². The number of esters is 1. The lowest BCUT2D eigenvalue weighted by molar-refractivity contribution is -0.154. The average molecular weight is 923 g/mol. The summed E-state index contributed by atoms with van der Waals surface area (Å²) in [5.41, 5.74) is 0. The first-order valence-corrected chi connectivity index (χ1v) is 27.8. The average Bonchev–Trinajstić information content (AvgIpc) is 3.29. The van der Waals surface area contributed by atoms with Crippen molar-refractivity contribution in [1.29, 1.82) is 0 Å². The van der Waals surface area contributed by atoms with Crippen LogP contribution in [-0.2, 0) is 27.9 Å². The first-order chi connectivity index (χ1) is 31.3. The van der Waals surface area contributed by atoms with Gasteiger partial charge in [-0.2, -0.15) is 0 Å². The molecule has 64 heavy (non-hydrogen) atoms. The maximum absolute atomic E-state index is 12.7. The zero-order chi connectivity index (χ0) is 46.7. The minimum Gasteiger partial charge on any atom is -0.457 e. The third-order valence-corrected chi connectivity index (χ3v) is 12.1. The molecule has 10 heteroatoms. The molecule has 0 heterocycles. The molecule has 0 aliphatic heterocycles. The van der Waals surface area contributed by atoms with Gasteiger partial charge < -0.3 is 24.6 Å². The number of aliphatic hydroxyl groups is 2. The molecule has 0 bridgehead atoms. The highest BCUT2D eigenvalue weighted by Gasteiger charge is 2.26. The van der Waals surface area contributed by atoms with Gasteiger partial charge in [0.1, 0.15) is 12.2 Å². The smallest absolute Gasteiger partial charge is 0.457 e. The van der Waals surface area contributed by atoms with Crippen LogP contribution in [0.15, 0.2) is 60.8 Å². The molecule has 9 nitrogen and oxygen atoms in total. The van der Waals surface area contributed by atoms with Crippen LogP contribution in [0, 0.1) is 0 Å². The van der Waals surface area contributed by atoms with E-state index in [0.717, 1.165) is 77.0 Å². The van der Waals surface area contributed by atoms with Gasteiger partial charge in [0.2, 0.25) is 0 Å². The summed E-state index contributed by atoms with van der Waals surface area (Å²) in [5, 5.41) is 18.4. The Bertz CT molecular complexity index is 1180. The van der Waals surface area contributed by atoms with Crippen molar-refractivity contribution >= 4 is 13.8 Å². The number of phosphoric ester groups is 1. The van der Waals surface area contributed by atoms with Crippen molar-refractivity contribution in [1.82, 2.24) is 0 Å². The lowest BCUT2D eigenvalue weighted by Crippen LogP contribution is -2.29. The Kier molecular flexibility index (Phi) is 49.1. The summed E-state index contributed by atoms with van der Waals surface area (Å²) in [5.74, 6) is -0.390. The molecule has 0 fully saturated rings. The van der Waals surface area contributed by atoms with Crippen molar-refractivity contribution in [2.45, 2.75) is 244 Å². The molecule has 0 aromatic heterocycles. The van der Waals surface area contributed by atoms with E-state index >= 15 is 0 Å². The normalized spacial score (nSPS) is 14.3. The van der Waals surface area contributed by atoms with Crippen LogP contribution in [-0.4, -0.2) is 66.3 Å². The van der Waals surface area contributed by atoms with Crippen molar-refractivity contribution < 1.29 is 43.0 Å². The standard InChI is InChI=1S/C54H99O9P/c1-3-5-7-9-11-13-15-17-19-21-23-25-27-29-31-33-35-37-39-41-43-45-47-60-50-53(51-62-64(58,59)61-49-52(56)48-55)63-54(57)46-44-42-40-38-36-34-32-30-28-26-24-22-20-18-16-14-12-10-8-6-4-2/h6,8,12,14,18,20-21,23-24,26,52-53,55-56H,3-5,7,9-11,13,15-17,19,22,25,27-51H2,1-2H3,(H,58,59)/b8-6-,14-12-,20-18-,23-21-,26-24-. The third-order valence-electron chi connectivity index (χ3n) is 11.2. The molecule has 0 aliphatic carbocycles. The molecule has 0 saturated heterocycles. The highest BCUT2D eigenvalue weighted by molar-refractivity contribution is 7.47. The molecule has 0 saturated carbocycles. The van der Waals surface area contributed by atoms with Crippen LogP contribution in [0.5, 0.6) is 0 Å². The Hall–Kier alpha value is -1.84. The Morgan fingerprint density at radius 1 is 0.500 bits per heavy atom. The van der Waals surface area contributed by atoms with E-state index in [1.165, 1.54) is 135 Å². The number of ether oxygens (including phenoxy) is 2. The maximum atomic E-state index is 12.7. The zero-order valence-corrected chi connectivity index (χ0v) is 42.1. The number of unbranched alkanes of at least 4 members (excludes halogenated alkanes) is 26. The minimum atomic E-state index is -4.53. The maximum Gasteiger partial charge on any atom is 0.472 e. The molecule has 0 aliphatic rings. The van der Waals surface area contributed by atoms with E-state index in [1.54, 1.807) is 0 Å². The fourth-order valence-electron chi connectivity index (χ4n) is 7.23. The highest BCUT2D eigenvalue weighted by Crippen LogP contribution is 2.43. The lowest BCUT2D eigenvalue weighted by Gasteiger charge is -2.20. The largest absolute Gasteiger partial charge is 0.472 e. The second-order valence-electron chi connectivity index (χ2n) is 17.5. The van der Waals surface area contributed by atoms with Gasteiger partial charge in [0.15, 0.2) is 0 Å². The first kappa shape index (κ1) is 62.2. The van der Waals surface area contributed by atoms with Gasteiger partial charge in [0.25, 0.3) is 0 Å². The second-order valence-corrected chi connectivity index (χ2v) is 19.0. The molecule has 374 valence electrons. The molecular formula is C54H99O9P. The fraction of sp³-hybridized carbons (Fsp3) is 0.796. The SMILES string of the molecule is CC/C=C\C/C=C\C/C=C\C/C=C\CCCCCCCCCCC(=O)OC(COCCCCCCCCCCCC/C=C\CCCCCCCCCC)COP(=O)(O)OCC(O)CO. The molecule has 0 spiro atoms. The molecule has 3 atom stereocenters. The predicted molar refractivity (Wildman–Crippen MR) is 270 cm³/mol. The van der Waals surface area contributed by atoms with Gasteiger partial charge in [0.05, 0.1) is 26.4 Å². The van der Waals surface area contributed by atoms with Gasteiger partial charge in [0, 0.05) is 13.0 Å². The summed E-state index contributed by atoms with van der Waals surface area (Å²) in [6.07, 6.45) is 60.4. The highest BCUT2D eigenvalue weighted by atomic mass is 31.2. The second kappa shape index (κ2) is 50.6. The molecule has 0 aromatic carbocycles. The number of allylic oxidation sites excluding steroid dienone is 10. The van der Waals surface area contributed by atoms with Crippen molar-refractivity contribution in [2.24, 2.45) is 0 Å². The molecule has 0 radical (unpaired) electrons. The van der Waals surface area contributed by atoms with Crippen LogP contribution in [0.25, 0.3) is 0 Å². The van der Waals surface area contributed by atoms with E-state index in [0.29, 0.717) is 6.61 Å². The van der Waals surface area contributed by atoms with Crippen LogP contribution >= 0.6 is 7.82 Å². The fourth-order valence-corrected chi connectivity index (χ4v) is 8.01. The number of aliphatic hydroxyl groups excluding tert-OH is 2. The molecule has 0 aromatic rings. The van der Waals surface area contributed by atoms with E-state index in [9.17, 15) is 19.4 Å². The summed E-state index contributed by atoms with van der Waals surface area (Å²) < 4.78 is 33.6. The predicted octanol–water partition coefficient (Wildman–Crippen LogP) is 15.5. The van der Waals surface area contributed by atoms with Gasteiger partial charge in [-0.05, 0) is 77.0 Å². The number of carbonyl (C=O) groups excluding carboxylic acids is 1.